The normalized spacial score (nSPS) is 10.8. The molecule has 0 saturated heterocycles. The molecule has 0 radical (unpaired) electrons. The van der Waals surface area contributed by atoms with Crippen LogP contribution in [0.2, 0.25) is 10.2 Å². The van der Waals surface area contributed by atoms with E-state index < -0.39 is 0 Å². The lowest BCUT2D eigenvalue weighted by Crippen LogP contribution is -2.26. The second kappa shape index (κ2) is 8.92. The van der Waals surface area contributed by atoms with Crippen molar-refractivity contribution in [2.75, 3.05) is 6.54 Å². The first-order valence-electron chi connectivity index (χ1n) is 8.42. The zero-order valence-electron chi connectivity index (χ0n) is 14.7. The van der Waals surface area contributed by atoms with E-state index in [4.69, 9.17) is 27.9 Å². The maximum absolute atomic E-state index is 12.2. The fourth-order valence-electron chi connectivity index (χ4n) is 2.41. The Morgan fingerprint density at radius 2 is 1.96 bits per heavy atom. The summed E-state index contributed by atoms with van der Waals surface area (Å²) in [5, 5.41) is 12.2. The van der Waals surface area contributed by atoms with Gasteiger partial charge < -0.3 is 10.1 Å². The van der Waals surface area contributed by atoms with E-state index in [-0.39, 0.29) is 12.6 Å². The number of aromatic nitrogens is 4. The Labute approximate surface area is 166 Å². The highest BCUT2D eigenvalue weighted by atomic mass is 35.5. The molecule has 7 nitrogen and oxygen atoms in total. The minimum atomic E-state index is -0.241. The van der Waals surface area contributed by atoms with Crippen molar-refractivity contribution in [3.63, 3.8) is 0 Å². The van der Waals surface area contributed by atoms with Crippen LogP contribution >= 0.6 is 23.2 Å². The number of carbonyl (C=O) groups excluding carboxylic acids is 1. The van der Waals surface area contributed by atoms with E-state index in [9.17, 15) is 4.79 Å². The number of hydrogen-bond acceptors (Lipinski definition) is 4. The molecule has 1 N–H and O–H groups in total. The maximum Gasteiger partial charge on any atom is 0.271 e. The monoisotopic (exact) mass is 407 g/mol. The molecule has 2 heterocycles. The topological polar surface area (TPSA) is 74.0 Å². The zero-order chi connectivity index (χ0) is 19.2. The average molecular weight is 408 g/mol. The van der Waals surface area contributed by atoms with Crippen molar-refractivity contribution in [2.45, 2.75) is 26.6 Å². The third-order valence-corrected chi connectivity index (χ3v) is 4.74. The van der Waals surface area contributed by atoms with Crippen molar-refractivity contribution >= 4 is 29.1 Å². The van der Waals surface area contributed by atoms with Crippen LogP contribution in [0.25, 0.3) is 0 Å². The fourth-order valence-corrected chi connectivity index (χ4v) is 2.81. The van der Waals surface area contributed by atoms with Crippen LogP contribution in [0.5, 0.6) is 5.75 Å². The van der Waals surface area contributed by atoms with Crippen molar-refractivity contribution in [3.05, 3.63) is 64.2 Å². The van der Waals surface area contributed by atoms with Gasteiger partial charge in [-0.15, -0.1) is 0 Å². The van der Waals surface area contributed by atoms with Crippen LogP contribution in [0, 0.1) is 6.92 Å². The van der Waals surface area contributed by atoms with Crippen molar-refractivity contribution in [1.29, 1.82) is 0 Å². The molecule has 0 bridgehead atoms. The number of aryl methyl sites for hydroxylation is 2. The molecule has 1 amide bonds. The number of benzene rings is 1. The van der Waals surface area contributed by atoms with Gasteiger partial charge in [-0.25, -0.2) is 4.68 Å². The molecular weight excluding hydrogens is 389 g/mol. The maximum atomic E-state index is 12.2. The van der Waals surface area contributed by atoms with Gasteiger partial charge in [0.15, 0.2) is 6.73 Å². The highest BCUT2D eigenvalue weighted by Crippen LogP contribution is 2.24. The molecule has 0 saturated carbocycles. The van der Waals surface area contributed by atoms with Crippen LogP contribution < -0.4 is 10.1 Å². The van der Waals surface area contributed by atoms with Gasteiger partial charge in [-0.1, -0.05) is 41.4 Å². The number of carbonyl (C=O) groups is 1. The standard InChI is InChI=1S/C18H19Cl2N5O2/c1-13-16(19)17(20)25(22-13)10-5-9-21-18(26)15-8-11-24(23-15)12-27-14-6-3-2-4-7-14/h2-4,6-8,11H,5,9-10,12H2,1H3,(H,21,26). The van der Waals surface area contributed by atoms with Gasteiger partial charge in [-0.3, -0.25) is 9.48 Å². The zero-order valence-corrected chi connectivity index (χ0v) is 16.2. The molecule has 0 aliphatic carbocycles. The summed E-state index contributed by atoms with van der Waals surface area (Å²) in [6.07, 6.45) is 2.37. The molecule has 0 spiro atoms. The molecule has 142 valence electrons. The number of nitrogens with zero attached hydrogens (tertiary/aromatic N) is 4. The number of nitrogens with one attached hydrogen (secondary N) is 1. The third kappa shape index (κ3) is 5.02. The Kier molecular flexibility index (Phi) is 6.36. The van der Waals surface area contributed by atoms with Gasteiger partial charge in [0.05, 0.1) is 5.69 Å². The Morgan fingerprint density at radius 1 is 1.19 bits per heavy atom. The van der Waals surface area contributed by atoms with Crippen molar-refractivity contribution in [2.24, 2.45) is 0 Å². The summed E-state index contributed by atoms with van der Waals surface area (Å²) in [5.41, 5.74) is 1.02. The summed E-state index contributed by atoms with van der Waals surface area (Å²) in [6.45, 7) is 3.06. The lowest BCUT2D eigenvalue weighted by atomic mass is 10.3. The number of para-hydroxylation sites is 1. The Hall–Kier alpha value is -2.51. The Morgan fingerprint density at radius 3 is 2.67 bits per heavy atom. The van der Waals surface area contributed by atoms with Gasteiger partial charge in [-0.05, 0) is 31.5 Å². The first-order valence-corrected chi connectivity index (χ1v) is 9.18. The molecule has 0 atom stereocenters. The predicted molar refractivity (Wildman–Crippen MR) is 103 cm³/mol. The summed E-state index contributed by atoms with van der Waals surface area (Å²) in [6, 6.07) is 11.1. The smallest absolute Gasteiger partial charge is 0.271 e. The Balaban J connectivity index is 1.43. The minimum absolute atomic E-state index is 0.231. The van der Waals surface area contributed by atoms with E-state index in [1.54, 1.807) is 28.6 Å². The van der Waals surface area contributed by atoms with Gasteiger partial charge >= 0.3 is 0 Å². The van der Waals surface area contributed by atoms with E-state index in [0.717, 1.165) is 5.75 Å². The highest BCUT2D eigenvalue weighted by Gasteiger charge is 2.12. The second-order valence-electron chi connectivity index (χ2n) is 5.85. The SMILES string of the molecule is Cc1nn(CCCNC(=O)c2ccn(COc3ccccc3)n2)c(Cl)c1Cl. The average Bonchev–Trinajstić information content (AvgIpc) is 3.25. The third-order valence-electron chi connectivity index (χ3n) is 3.81. The summed E-state index contributed by atoms with van der Waals surface area (Å²) in [5.74, 6) is 0.501. The summed E-state index contributed by atoms with van der Waals surface area (Å²) >= 11 is 12.1. The van der Waals surface area contributed by atoms with Crippen LogP contribution in [0.15, 0.2) is 42.6 Å². The highest BCUT2D eigenvalue weighted by molar-refractivity contribution is 6.41. The van der Waals surface area contributed by atoms with Gasteiger partial charge in [0.1, 0.15) is 21.6 Å². The van der Waals surface area contributed by atoms with Gasteiger partial charge in [0.2, 0.25) is 0 Å². The summed E-state index contributed by atoms with van der Waals surface area (Å²) < 4.78 is 8.78. The van der Waals surface area contributed by atoms with Crippen LogP contribution in [0.4, 0.5) is 0 Å². The number of ether oxygens (including phenoxy) is 1. The van der Waals surface area contributed by atoms with Crippen molar-refractivity contribution in [3.8, 4) is 5.75 Å². The van der Waals surface area contributed by atoms with E-state index in [1.165, 1.54) is 0 Å². The fraction of sp³-hybridized carbons (Fsp3) is 0.278. The largest absolute Gasteiger partial charge is 0.471 e. The van der Waals surface area contributed by atoms with E-state index in [0.29, 0.717) is 41.1 Å². The van der Waals surface area contributed by atoms with E-state index in [1.807, 2.05) is 30.3 Å². The number of amides is 1. The summed E-state index contributed by atoms with van der Waals surface area (Å²) in [7, 11) is 0. The second-order valence-corrected chi connectivity index (χ2v) is 6.59. The number of rotatable bonds is 8. The molecule has 0 unspecified atom stereocenters. The van der Waals surface area contributed by atoms with E-state index >= 15 is 0 Å². The first kappa shape index (κ1) is 19.3. The molecule has 27 heavy (non-hydrogen) atoms. The van der Waals surface area contributed by atoms with Gasteiger partial charge in [0, 0.05) is 19.3 Å². The van der Waals surface area contributed by atoms with Gasteiger partial charge in [-0.2, -0.15) is 10.2 Å². The lowest BCUT2D eigenvalue weighted by molar-refractivity contribution is 0.0945. The van der Waals surface area contributed by atoms with Crippen molar-refractivity contribution < 1.29 is 9.53 Å². The lowest BCUT2D eigenvalue weighted by Gasteiger charge is -2.06. The number of hydrogen-bond donors (Lipinski definition) is 1. The van der Waals surface area contributed by atoms with Crippen LogP contribution in [0.3, 0.4) is 0 Å². The molecule has 0 aliphatic rings. The predicted octanol–water partition coefficient (Wildman–Crippen LogP) is 3.55. The summed E-state index contributed by atoms with van der Waals surface area (Å²) in [4.78, 5) is 12.2. The van der Waals surface area contributed by atoms with Crippen molar-refractivity contribution in [1.82, 2.24) is 24.9 Å². The number of halogens is 2. The molecule has 1 aromatic carbocycles. The molecule has 0 fully saturated rings. The molecule has 2 aromatic heterocycles. The quantitative estimate of drug-likeness (QED) is 0.579. The van der Waals surface area contributed by atoms with Crippen LogP contribution in [-0.4, -0.2) is 32.0 Å². The Bertz CT molecular complexity index is 908. The van der Waals surface area contributed by atoms with E-state index in [2.05, 4.69) is 15.5 Å². The van der Waals surface area contributed by atoms with Gasteiger partial charge in [0.25, 0.3) is 5.91 Å². The molecule has 0 aliphatic heterocycles. The van der Waals surface area contributed by atoms with Crippen LogP contribution in [0.1, 0.15) is 22.6 Å². The first-order chi connectivity index (χ1) is 13.0. The molecular formula is C18H19Cl2N5O2. The van der Waals surface area contributed by atoms with Crippen LogP contribution in [-0.2, 0) is 13.3 Å². The molecule has 3 rings (SSSR count). The molecule has 9 heteroatoms. The molecule has 3 aromatic rings. The minimum Gasteiger partial charge on any atom is -0.471 e.